The summed E-state index contributed by atoms with van der Waals surface area (Å²) in [6, 6.07) is 0. The van der Waals surface area contributed by atoms with Crippen molar-refractivity contribution < 1.29 is 26.7 Å². The van der Waals surface area contributed by atoms with Crippen LogP contribution in [0.3, 0.4) is 0 Å². The van der Waals surface area contributed by atoms with Crippen molar-refractivity contribution in [3.63, 3.8) is 0 Å². The molecule has 0 aromatic heterocycles. The molecule has 7 heteroatoms. The van der Waals surface area contributed by atoms with Gasteiger partial charge in [0, 0.05) is 6.61 Å². The highest BCUT2D eigenvalue weighted by Crippen LogP contribution is 2.23. The molecule has 0 amide bonds. The van der Waals surface area contributed by atoms with E-state index < -0.39 is 41.3 Å². The second-order valence-corrected chi connectivity index (χ2v) is 6.45. The molecule has 25 heavy (non-hydrogen) atoms. The van der Waals surface area contributed by atoms with Crippen LogP contribution in [0.15, 0.2) is 0 Å². The van der Waals surface area contributed by atoms with Crippen molar-refractivity contribution in [3.8, 4) is 0 Å². The Hall–Kier alpha value is -0.820. The number of unbranched alkanes of at least 4 members (excludes halogenated alkanes) is 8. The van der Waals surface area contributed by atoms with Crippen LogP contribution in [0.25, 0.3) is 0 Å². The number of benzene rings is 1. The fourth-order valence-corrected chi connectivity index (χ4v) is 2.73. The smallest absolute Gasteiger partial charge is 0.200 e. The van der Waals surface area contributed by atoms with E-state index in [2.05, 4.69) is 12.6 Å². The van der Waals surface area contributed by atoms with Gasteiger partial charge in [-0.3, -0.25) is 0 Å². The molecule has 0 heterocycles. The molecule has 0 aliphatic rings. The first-order chi connectivity index (χ1) is 12.0. The van der Waals surface area contributed by atoms with Gasteiger partial charge in [-0.15, -0.1) is 0 Å². The zero-order chi connectivity index (χ0) is 18.7. The van der Waals surface area contributed by atoms with Gasteiger partial charge < -0.3 is 4.74 Å². The lowest BCUT2D eigenvalue weighted by Crippen LogP contribution is -2.09. The highest BCUT2D eigenvalue weighted by atomic mass is 32.1. The van der Waals surface area contributed by atoms with Crippen LogP contribution in [-0.2, 0) is 11.3 Å². The Morgan fingerprint density at radius 1 is 0.560 bits per heavy atom. The molecule has 0 N–H and O–H groups in total. The minimum absolute atomic E-state index is 0.224. The maximum absolute atomic E-state index is 13.4. The third-order valence-electron chi connectivity index (χ3n) is 3.99. The Bertz CT molecular complexity index is 496. The molecule has 1 aromatic rings. The lowest BCUT2D eigenvalue weighted by atomic mass is 10.1. The molecule has 1 aromatic carbocycles. The number of hydrogen-bond acceptors (Lipinski definition) is 2. The summed E-state index contributed by atoms with van der Waals surface area (Å²) in [5, 5.41) is 0. The van der Waals surface area contributed by atoms with E-state index in [1.165, 1.54) is 25.7 Å². The predicted octanol–water partition coefficient (Wildman–Crippen LogP) is 6.34. The molecule has 0 radical (unpaired) electrons. The number of hydrogen-bond donors (Lipinski definition) is 1. The SMILES string of the molecule is Fc1c(F)c(F)c(COCCCCCCCCCCCS)c(F)c1F. The number of halogens is 5. The largest absolute Gasteiger partial charge is 0.377 e. The normalized spacial score (nSPS) is 11.3. The Morgan fingerprint density at radius 2 is 0.960 bits per heavy atom. The molecule has 0 bridgehead atoms. The first-order valence-corrected chi connectivity index (χ1v) is 9.32. The second-order valence-electron chi connectivity index (χ2n) is 6.01. The number of ether oxygens (including phenoxy) is 1. The van der Waals surface area contributed by atoms with E-state index in [9.17, 15) is 22.0 Å². The average molecular weight is 384 g/mol. The molecular weight excluding hydrogens is 359 g/mol. The summed E-state index contributed by atoms with van der Waals surface area (Å²) in [7, 11) is 0. The van der Waals surface area contributed by atoms with Crippen LogP contribution in [0.4, 0.5) is 22.0 Å². The highest BCUT2D eigenvalue weighted by Gasteiger charge is 2.25. The van der Waals surface area contributed by atoms with E-state index >= 15 is 0 Å². The van der Waals surface area contributed by atoms with E-state index in [1.807, 2.05) is 0 Å². The molecular formula is C18H25F5OS. The lowest BCUT2D eigenvalue weighted by Gasteiger charge is -2.09. The molecule has 0 unspecified atom stereocenters. The summed E-state index contributed by atoms with van der Waals surface area (Å²) in [5.41, 5.74) is -0.919. The third kappa shape index (κ3) is 7.52. The molecule has 0 atom stereocenters. The van der Waals surface area contributed by atoms with Crippen LogP contribution in [-0.4, -0.2) is 12.4 Å². The van der Waals surface area contributed by atoms with Crippen LogP contribution >= 0.6 is 12.6 Å². The average Bonchev–Trinajstić information content (AvgIpc) is 2.61. The zero-order valence-electron chi connectivity index (χ0n) is 14.2. The van der Waals surface area contributed by atoms with Crippen molar-refractivity contribution in [2.24, 2.45) is 0 Å². The van der Waals surface area contributed by atoms with E-state index in [0.717, 1.165) is 31.4 Å². The van der Waals surface area contributed by atoms with Gasteiger partial charge in [-0.25, -0.2) is 22.0 Å². The highest BCUT2D eigenvalue weighted by molar-refractivity contribution is 7.80. The quantitative estimate of drug-likeness (QED) is 0.137. The summed E-state index contributed by atoms with van der Waals surface area (Å²) in [6.07, 6.45) is 9.76. The van der Waals surface area contributed by atoms with E-state index in [-0.39, 0.29) is 6.61 Å². The Labute approximate surface area is 151 Å². The summed E-state index contributed by atoms with van der Waals surface area (Å²) < 4.78 is 70.9. The van der Waals surface area contributed by atoms with Gasteiger partial charge in [0.25, 0.3) is 0 Å². The Kier molecular flexibility index (Phi) is 11.1. The Morgan fingerprint density at radius 3 is 1.44 bits per heavy atom. The molecule has 0 saturated heterocycles. The van der Waals surface area contributed by atoms with E-state index in [0.29, 0.717) is 6.42 Å². The third-order valence-corrected chi connectivity index (χ3v) is 4.31. The molecule has 0 aliphatic carbocycles. The molecule has 1 rings (SSSR count). The summed E-state index contributed by atoms with van der Waals surface area (Å²) in [5.74, 6) is -8.74. The maximum Gasteiger partial charge on any atom is 0.200 e. The summed E-state index contributed by atoms with van der Waals surface area (Å²) in [4.78, 5) is 0. The molecule has 0 fully saturated rings. The molecule has 0 saturated carbocycles. The minimum Gasteiger partial charge on any atom is -0.377 e. The molecule has 1 nitrogen and oxygen atoms in total. The Balaban J connectivity index is 2.15. The topological polar surface area (TPSA) is 9.23 Å². The summed E-state index contributed by atoms with van der Waals surface area (Å²) in [6.45, 7) is -0.404. The van der Waals surface area contributed by atoms with Gasteiger partial charge in [0.1, 0.15) is 0 Å². The van der Waals surface area contributed by atoms with Gasteiger partial charge in [-0.05, 0) is 18.6 Å². The molecule has 144 valence electrons. The standard InChI is InChI=1S/C18H25F5OS/c19-14-13(15(20)17(22)18(23)16(14)21)12-24-10-8-6-4-2-1-3-5-7-9-11-25/h25H,1-12H2. The van der Waals surface area contributed by atoms with Crippen molar-refractivity contribution >= 4 is 12.6 Å². The van der Waals surface area contributed by atoms with Crippen molar-refractivity contribution in [1.82, 2.24) is 0 Å². The predicted molar refractivity (Wildman–Crippen MR) is 91.3 cm³/mol. The van der Waals surface area contributed by atoms with Crippen LogP contribution in [0.1, 0.15) is 63.4 Å². The van der Waals surface area contributed by atoms with Crippen molar-refractivity contribution in [3.05, 3.63) is 34.6 Å². The van der Waals surface area contributed by atoms with Gasteiger partial charge >= 0.3 is 0 Å². The van der Waals surface area contributed by atoms with Gasteiger partial charge in [0.15, 0.2) is 23.3 Å². The van der Waals surface area contributed by atoms with Gasteiger partial charge in [0.2, 0.25) is 5.82 Å². The van der Waals surface area contributed by atoms with Crippen molar-refractivity contribution in [2.75, 3.05) is 12.4 Å². The fraction of sp³-hybridized carbons (Fsp3) is 0.667. The first-order valence-electron chi connectivity index (χ1n) is 8.69. The summed E-state index contributed by atoms with van der Waals surface area (Å²) >= 11 is 4.16. The van der Waals surface area contributed by atoms with Crippen LogP contribution < -0.4 is 0 Å². The maximum atomic E-state index is 13.4. The van der Waals surface area contributed by atoms with Gasteiger partial charge in [-0.1, -0.05) is 44.9 Å². The van der Waals surface area contributed by atoms with Gasteiger partial charge in [-0.2, -0.15) is 12.6 Å². The van der Waals surface area contributed by atoms with Gasteiger partial charge in [0.05, 0.1) is 12.2 Å². The second kappa shape index (κ2) is 12.5. The number of rotatable bonds is 13. The fourth-order valence-electron chi connectivity index (χ4n) is 2.50. The monoisotopic (exact) mass is 384 g/mol. The zero-order valence-corrected chi connectivity index (χ0v) is 15.1. The minimum atomic E-state index is -2.15. The van der Waals surface area contributed by atoms with Crippen LogP contribution in [0.2, 0.25) is 0 Å². The van der Waals surface area contributed by atoms with Crippen molar-refractivity contribution in [2.45, 2.75) is 64.4 Å². The van der Waals surface area contributed by atoms with E-state index in [1.54, 1.807) is 0 Å². The van der Waals surface area contributed by atoms with Crippen LogP contribution in [0, 0.1) is 29.1 Å². The van der Waals surface area contributed by atoms with Crippen molar-refractivity contribution in [1.29, 1.82) is 0 Å². The van der Waals surface area contributed by atoms with E-state index in [4.69, 9.17) is 4.74 Å². The first kappa shape index (κ1) is 22.2. The molecule has 0 aliphatic heterocycles. The van der Waals surface area contributed by atoms with Crippen LogP contribution in [0.5, 0.6) is 0 Å². The lowest BCUT2D eigenvalue weighted by molar-refractivity contribution is 0.110. The number of thiol groups is 1. The molecule has 0 spiro atoms.